The maximum atomic E-state index is 12.5. The van der Waals surface area contributed by atoms with Crippen molar-refractivity contribution in [1.82, 2.24) is 14.9 Å². The average molecular weight is 385 g/mol. The predicted octanol–water partition coefficient (Wildman–Crippen LogP) is 1.91. The molecular formula is C17H15N5O4S. The Morgan fingerprint density at radius 3 is 2.78 bits per heavy atom. The van der Waals surface area contributed by atoms with Gasteiger partial charge in [0.15, 0.2) is 16.7 Å². The molecule has 0 saturated carbocycles. The average Bonchev–Trinajstić information content (AvgIpc) is 3.23. The van der Waals surface area contributed by atoms with Gasteiger partial charge in [-0.3, -0.25) is 14.5 Å². The monoisotopic (exact) mass is 385 g/mol. The van der Waals surface area contributed by atoms with E-state index in [4.69, 9.17) is 0 Å². The lowest BCUT2D eigenvalue weighted by Gasteiger charge is -2.07. The summed E-state index contributed by atoms with van der Waals surface area (Å²) < 4.78 is 4.53. The van der Waals surface area contributed by atoms with E-state index in [2.05, 4.69) is 25.0 Å². The number of carbonyl (C=O) groups is 3. The van der Waals surface area contributed by atoms with Crippen LogP contribution < -0.4 is 5.32 Å². The van der Waals surface area contributed by atoms with Gasteiger partial charge in [0.1, 0.15) is 0 Å². The summed E-state index contributed by atoms with van der Waals surface area (Å²) in [5.41, 5.74) is 0.778. The lowest BCUT2D eigenvalue weighted by atomic mass is 10.3. The largest absolute Gasteiger partial charge is 0.466 e. The standard InChI is InChI=1S/C17H15N5O4S/c1-22-16(25)11(8-12(23)26-2)27-17(22)21-14-13(18-9-19-14)15(24)20-10-6-4-3-5-7-10/h3-9H,1-2H3,(H,18,19)(H,20,24)/b11-8+,21-17-. The smallest absolute Gasteiger partial charge is 0.331 e. The zero-order chi connectivity index (χ0) is 19.4. The topological polar surface area (TPSA) is 117 Å². The molecule has 9 nitrogen and oxygen atoms in total. The van der Waals surface area contributed by atoms with Gasteiger partial charge in [-0.05, 0) is 23.9 Å². The Morgan fingerprint density at radius 1 is 1.33 bits per heavy atom. The van der Waals surface area contributed by atoms with Crippen molar-refractivity contribution < 1.29 is 19.1 Å². The zero-order valence-corrected chi connectivity index (χ0v) is 15.2. The van der Waals surface area contributed by atoms with Crippen LogP contribution in [0.25, 0.3) is 0 Å². The molecule has 0 atom stereocenters. The molecule has 2 aromatic rings. The third kappa shape index (κ3) is 4.06. The second-order valence-electron chi connectivity index (χ2n) is 5.31. The van der Waals surface area contributed by atoms with Crippen molar-refractivity contribution >= 4 is 46.2 Å². The number of para-hydroxylation sites is 1. The number of benzene rings is 1. The Bertz CT molecular complexity index is 951. The number of imidazole rings is 1. The van der Waals surface area contributed by atoms with Gasteiger partial charge in [0.25, 0.3) is 11.8 Å². The summed E-state index contributed by atoms with van der Waals surface area (Å²) in [4.78, 5) is 48.5. The van der Waals surface area contributed by atoms with Gasteiger partial charge in [-0.2, -0.15) is 0 Å². The van der Waals surface area contributed by atoms with Crippen molar-refractivity contribution in [3.05, 3.63) is 53.3 Å². The number of likely N-dealkylation sites (N-methyl/N-ethyl adjacent to an activating group) is 1. The van der Waals surface area contributed by atoms with Gasteiger partial charge in [0.2, 0.25) is 0 Å². The van der Waals surface area contributed by atoms with Crippen LogP contribution in [-0.4, -0.2) is 52.0 Å². The SMILES string of the molecule is COC(=O)/C=C1/S/C(=N\c2nc[nH]c2C(=O)Nc2ccccc2)N(C)C1=O. The number of rotatable bonds is 4. The Labute approximate surface area is 158 Å². The van der Waals surface area contributed by atoms with E-state index in [1.807, 2.05) is 6.07 Å². The quantitative estimate of drug-likeness (QED) is 0.613. The predicted molar refractivity (Wildman–Crippen MR) is 101 cm³/mol. The Kier molecular flexibility index (Phi) is 5.36. The van der Waals surface area contributed by atoms with Gasteiger partial charge < -0.3 is 15.0 Å². The number of esters is 1. The first-order valence-corrected chi connectivity index (χ1v) is 8.55. The molecule has 10 heteroatoms. The number of ether oxygens (including phenoxy) is 1. The molecule has 0 bridgehead atoms. The number of H-pyrrole nitrogens is 1. The van der Waals surface area contributed by atoms with E-state index in [0.29, 0.717) is 5.69 Å². The first-order valence-electron chi connectivity index (χ1n) is 7.73. The van der Waals surface area contributed by atoms with Crippen LogP contribution >= 0.6 is 11.8 Å². The van der Waals surface area contributed by atoms with Crippen molar-refractivity contribution in [3.8, 4) is 0 Å². The molecule has 1 saturated heterocycles. The third-order valence-corrected chi connectivity index (χ3v) is 4.59. The Hall–Kier alpha value is -3.40. The third-order valence-electron chi connectivity index (χ3n) is 3.53. The number of hydrogen-bond acceptors (Lipinski definition) is 7. The first-order chi connectivity index (χ1) is 13.0. The summed E-state index contributed by atoms with van der Waals surface area (Å²) in [5, 5.41) is 3.02. The molecule has 1 aromatic carbocycles. The Balaban J connectivity index is 1.83. The molecule has 2 amide bonds. The fraction of sp³-hybridized carbons (Fsp3) is 0.118. The molecule has 1 aliphatic heterocycles. The molecule has 2 heterocycles. The van der Waals surface area contributed by atoms with Crippen molar-refractivity contribution in [2.45, 2.75) is 0 Å². The minimum absolute atomic E-state index is 0.130. The normalized spacial score (nSPS) is 16.8. The molecule has 1 fully saturated rings. The molecule has 3 rings (SSSR count). The van der Waals surface area contributed by atoms with Crippen LogP contribution in [0.3, 0.4) is 0 Å². The number of nitrogens with one attached hydrogen (secondary N) is 2. The fourth-order valence-corrected chi connectivity index (χ4v) is 3.09. The van der Waals surface area contributed by atoms with Crippen molar-refractivity contribution in [1.29, 1.82) is 0 Å². The number of nitrogens with zero attached hydrogens (tertiary/aromatic N) is 3. The van der Waals surface area contributed by atoms with E-state index in [9.17, 15) is 14.4 Å². The lowest BCUT2D eigenvalue weighted by molar-refractivity contribution is -0.135. The van der Waals surface area contributed by atoms with E-state index in [1.165, 1.54) is 25.4 Å². The number of aliphatic imine (C=N–C) groups is 1. The molecule has 1 aromatic heterocycles. The number of carbonyl (C=O) groups excluding carboxylic acids is 3. The van der Waals surface area contributed by atoms with Gasteiger partial charge in [-0.25, -0.2) is 14.8 Å². The van der Waals surface area contributed by atoms with E-state index in [0.717, 1.165) is 17.8 Å². The minimum Gasteiger partial charge on any atom is -0.466 e. The van der Waals surface area contributed by atoms with Crippen molar-refractivity contribution in [2.24, 2.45) is 4.99 Å². The number of anilines is 1. The van der Waals surface area contributed by atoms with Crippen LogP contribution in [0.2, 0.25) is 0 Å². The summed E-state index contributed by atoms with van der Waals surface area (Å²) in [6.45, 7) is 0. The van der Waals surface area contributed by atoms with Gasteiger partial charge in [0, 0.05) is 18.8 Å². The second-order valence-corrected chi connectivity index (χ2v) is 6.32. The number of hydrogen-bond donors (Lipinski definition) is 2. The van der Waals surface area contributed by atoms with Crippen LogP contribution in [0.4, 0.5) is 11.5 Å². The first kappa shape index (κ1) is 18.4. The van der Waals surface area contributed by atoms with E-state index >= 15 is 0 Å². The van der Waals surface area contributed by atoms with E-state index in [-0.39, 0.29) is 21.6 Å². The fourth-order valence-electron chi connectivity index (χ4n) is 2.16. The summed E-state index contributed by atoms with van der Waals surface area (Å²) in [6, 6.07) is 8.95. The maximum Gasteiger partial charge on any atom is 0.331 e. The van der Waals surface area contributed by atoms with Gasteiger partial charge >= 0.3 is 5.97 Å². The summed E-state index contributed by atoms with van der Waals surface area (Å²) in [7, 11) is 2.74. The summed E-state index contributed by atoms with van der Waals surface area (Å²) >= 11 is 0.994. The highest BCUT2D eigenvalue weighted by molar-refractivity contribution is 8.18. The second kappa shape index (κ2) is 7.87. The highest BCUT2D eigenvalue weighted by Crippen LogP contribution is 2.31. The maximum absolute atomic E-state index is 12.5. The molecule has 2 N–H and O–H groups in total. The van der Waals surface area contributed by atoms with Crippen LogP contribution in [-0.2, 0) is 14.3 Å². The highest BCUT2D eigenvalue weighted by atomic mass is 32.2. The van der Waals surface area contributed by atoms with Crippen LogP contribution in [0.5, 0.6) is 0 Å². The molecule has 138 valence electrons. The zero-order valence-electron chi connectivity index (χ0n) is 14.4. The molecule has 0 unspecified atom stereocenters. The molecule has 0 aliphatic carbocycles. The van der Waals surface area contributed by atoms with Crippen LogP contribution in [0, 0.1) is 0 Å². The lowest BCUT2D eigenvalue weighted by Crippen LogP contribution is -2.24. The molecule has 27 heavy (non-hydrogen) atoms. The number of thioether (sulfide) groups is 1. The van der Waals surface area contributed by atoms with Crippen LogP contribution in [0.15, 0.2) is 52.6 Å². The molecule has 0 radical (unpaired) electrons. The van der Waals surface area contributed by atoms with Crippen molar-refractivity contribution in [3.63, 3.8) is 0 Å². The number of aromatic amines is 1. The highest BCUT2D eigenvalue weighted by Gasteiger charge is 2.32. The van der Waals surface area contributed by atoms with Gasteiger partial charge in [0.05, 0.1) is 18.3 Å². The molecule has 1 aliphatic rings. The van der Waals surface area contributed by atoms with Crippen molar-refractivity contribution in [2.75, 3.05) is 19.5 Å². The minimum atomic E-state index is -0.636. The number of aromatic nitrogens is 2. The number of methoxy groups -OCH3 is 1. The molecule has 0 spiro atoms. The Morgan fingerprint density at radius 2 is 2.07 bits per heavy atom. The van der Waals surface area contributed by atoms with Gasteiger partial charge in [-0.15, -0.1) is 0 Å². The number of amides is 2. The van der Waals surface area contributed by atoms with Crippen LogP contribution in [0.1, 0.15) is 10.5 Å². The van der Waals surface area contributed by atoms with Gasteiger partial charge in [-0.1, -0.05) is 18.2 Å². The van der Waals surface area contributed by atoms with E-state index in [1.54, 1.807) is 24.3 Å². The van der Waals surface area contributed by atoms with E-state index < -0.39 is 17.8 Å². The molecular weight excluding hydrogens is 370 g/mol. The summed E-state index contributed by atoms with van der Waals surface area (Å²) in [6.07, 6.45) is 2.44. The summed E-state index contributed by atoms with van der Waals surface area (Å²) in [5.74, 6) is -1.32. The number of amidine groups is 1.